The maximum Gasteiger partial charge on any atom is 0.251 e. The van der Waals surface area contributed by atoms with Gasteiger partial charge >= 0.3 is 0 Å². The molecule has 36 heavy (non-hydrogen) atoms. The number of anilines is 1. The van der Waals surface area contributed by atoms with Gasteiger partial charge in [-0.25, -0.2) is 13.8 Å². The van der Waals surface area contributed by atoms with E-state index in [2.05, 4.69) is 10.3 Å². The van der Waals surface area contributed by atoms with Crippen LogP contribution in [0.3, 0.4) is 0 Å². The topological polar surface area (TPSA) is 81.1 Å². The van der Waals surface area contributed by atoms with E-state index in [1.165, 1.54) is 6.07 Å². The number of carbonyl (C=O) groups excluding carboxylic acids is 1. The number of carbonyl (C=O) groups is 1. The molecule has 5 nitrogen and oxygen atoms in total. The third-order valence-corrected chi connectivity index (χ3v) is 6.75. The second-order valence-corrected chi connectivity index (χ2v) is 8.99. The number of amides is 1. The van der Waals surface area contributed by atoms with E-state index < -0.39 is 11.6 Å². The van der Waals surface area contributed by atoms with Gasteiger partial charge < -0.3 is 15.5 Å². The van der Waals surface area contributed by atoms with Crippen molar-refractivity contribution in [2.24, 2.45) is 0 Å². The number of aryl methyl sites for hydroxylation is 2. The van der Waals surface area contributed by atoms with Crippen LogP contribution in [-0.2, 0) is 6.54 Å². The zero-order valence-electron chi connectivity index (χ0n) is 19.6. The van der Waals surface area contributed by atoms with Crippen LogP contribution >= 0.6 is 0 Å². The molecule has 3 aromatic carbocycles. The van der Waals surface area contributed by atoms with Crippen LogP contribution in [0, 0.1) is 25.5 Å². The number of pyridine rings is 1. The van der Waals surface area contributed by atoms with Gasteiger partial charge in [-0.3, -0.25) is 4.79 Å². The van der Waals surface area contributed by atoms with Crippen LogP contribution in [0.4, 0.5) is 14.6 Å². The van der Waals surface area contributed by atoms with E-state index in [-0.39, 0.29) is 11.5 Å². The number of benzene rings is 4. The van der Waals surface area contributed by atoms with Gasteiger partial charge in [0.2, 0.25) is 0 Å². The van der Waals surface area contributed by atoms with E-state index in [9.17, 15) is 13.6 Å². The number of rotatable bonds is 4. The summed E-state index contributed by atoms with van der Waals surface area (Å²) in [5.74, 6) is -1.56. The van der Waals surface area contributed by atoms with Crippen molar-refractivity contribution in [3.8, 4) is 11.1 Å². The number of hydrogen-bond acceptors (Lipinski definition) is 4. The minimum Gasteiger partial charge on any atom is -0.455 e. The Labute approximate surface area is 204 Å². The second kappa shape index (κ2) is 8.02. The predicted molar refractivity (Wildman–Crippen MR) is 137 cm³/mol. The molecule has 0 fully saturated rings. The van der Waals surface area contributed by atoms with E-state index >= 15 is 0 Å². The Bertz CT molecular complexity index is 1800. The number of nitrogens with zero attached hydrogens (tertiary/aromatic N) is 1. The highest BCUT2D eigenvalue weighted by atomic mass is 19.2. The molecule has 1 amide bonds. The number of fused-ring (bicyclic) bond motifs is 8. The lowest BCUT2D eigenvalue weighted by atomic mass is 9.97. The average molecular weight is 482 g/mol. The van der Waals surface area contributed by atoms with E-state index in [4.69, 9.17) is 10.2 Å². The Kier molecular flexibility index (Phi) is 4.89. The maximum atomic E-state index is 14.4. The molecule has 0 saturated carbocycles. The molecule has 0 radical (unpaired) electrons. The quantitative estimate of drug-likeness (QED) is 0.276. The fourth-order valence-corrected chi connectivity index (χ4v) is 4.93. The summed E-state index contributed by atoms with van der Waals surface area (Å²) in [4.78, 5) is 17.3. The molecular formula is C29H21F2N3O2. The Morgan fingerprint density at radius 2 is 1.67 bits per heavy atom. The summed E-state index contributed by atoms with van der Waals surface area (Å²) in [5, 5.41) is 6.32. The second-order valence-electron chi connectivity index (χ2n) is 8.99. The lowest BCUT2D eigenvalue weighted by Crippen LogP contribution is -2.24. The molecule has 0 aliphatic heterocycles. The normalized spacial score (nSPS) is 11.7. The largest absolute Gasteiger partial charge is 0.455 e. The number of nitrogens with one attached hydrogen (secondary N) is 1. The summed E-state index contributed by atoms with van der Waals surface area (Å²) in [6.07, 6.45) is 0. The monoisotopic (exact) mass is 481 g/mol. The highest BCUT2D eigenvalue weighted by Gasteiger charge is 2.20. The van der Waals surface area contributed by atoms with Crippen LogP contribution in [0.25, 0.3) is 43.8 Å². The number of hydrogen-bond donors (Lipinski definition) is 2. The molecule has 3 N–H and O–H groups in total. The van der Waals surface area contributed by atoms with Crippen LogP contribution in [0.1, 0.15) is 27.2 Å². The fourth-order valence-electron chi connectivity index (χ4n) is 4.93. The van der Waals surface area contributed by atoms with Crippen LogP contribution in [-0.4, -0.2) is 10.9 Å². The summed E-state index contributed by atoms with van der Waals surface area (Å²) < 4.78 is 34.3. The van der Waals surface area contributed by atoms with Crippen LogP contribution in [0.15, 0.2) is 65.1 Å². The first kappa shape index (κ1) is 22.0. The van der Waals surface area contributed by atoms with Gasteiger partial charge in [0, 0.05) is 44.9 Å². The smallest absolute Gasteiger partial charge is 0.251 e. The van der Waals surface area contributed by atoms with Gasteiger partial charge in [-0.2, -0.15) is 0 Å². The van der Waals surface area contributed by atoms with Gasteiger partial charge in [0.05, 0.1) is 0 Å². The standard InChI is InChI=1S/C29H21F2N3O2/c1-14-10-25(32)34-15(2)23(14)13-33-29(35)17-7-9-20-22(12-17)28-21-11-16(6-8-19(21)27(20)36-28)18-4-3-5-24(30)26(18)31/h3-12H,13H2,1-2H3,(H2,32,34)(H,33,35). The number of halogens is 2. The SMILES string of the molecule is Cc1cc(N)nc(C)c1CNC(=O)c1ccc2c(c1)c1oc2c2ccc(-c3cccc(F)c3F)cc21. The lowest BCUT2D eigenvalue weighted by molar-refractivity contribution is 0.0951. The Morgan fingerprint density at radius 1 is 0.944 bits per heavy atom. The third-order valence-electron chi connectivity index (χ3n) is 6.75. The van der Waals surface area contributed by atoms with Gasteiger partial charge in [0.1, 0.15) is 17.0 Å². The number of nitrogen functional groups attached to an aromatic ring is 1. The zero-order valence-corrected chi connectivity index (χ0v) is 19.6. The van der Waals surface area contributed by atoms with Crippen LogP contribution in [0.5, 0.6) is 0 Å². The Morgan fingerprint density at radius 3 is 2.44 bits per heavy atom. The summed E-state index contributed by atoms with van der Waals surface area (Å²) >= 11 is 0. The molecule has 6 aromatic rings. The van der Waals surface area contributed by atoms with Gasteiger partial charge in [0.25, 0.3) is 5.91 Å². The molecule has 178 valence electrons. The number of nitrogens with two attached hydrogens (primary N) is 1. The van der Waals surface area contributed by atoms with Gasteiger partial charge in [-0.05, 0) is 73.0 Å². The molecule has 0 saturated heterocycles. The molecule has 0 aliphatic carbocycles. The van der Waals surface area contributed by atoms with Crippen molar-refractivity contribution < 1.29 is 18.0 Å². The third kappa shape index (κ3) is 3.35. The van der Waals surface area contributed by atoms with Crippen molar-refractivity contribution in [3.63, 3.8) is 0 Å². The first-order valence-electron chi connectivity index (χ1n) is 11.5. The summed E-state index contributed by atoms with van der Waals surface area (Å²) in [7, 11) is 0. The van der Waals surface area contributed by atoms with E-state index in [1.807, 2.05) is 26.0 Å². The van der Waals surface area contributed by atoms with Gasteiger partial charge in [-0.1, -0.05) is 18.2 Å². The summed E-state index contributed by atoms with van der Waals surface area (Å²) in [6.45, 7) is 4.13. The van der Waals surface area contributed by atoms with Gasteiger partial charge in [-0.15, -0.1) is 0 Å². The van der Waals surface area contributed by atoms with Gasteiger partial charge in [0.15, 0.2) is 11.6 Å². The number of furan rings is 2. The molecule has 7 heteroatoms. The van der Waals surface area contributed by atoms with Crippen LogP contribution in [0.2, 0.25) is 0 Å². The summed E-state index contributed by atoms with van der Waals surface area (Å²) in [5.41, 5.74) is 11.0. The average Bonchev–Trinajstić information content (AvgIpc) is 3.41. The molecule has 6 rings (SSSR count). The Balaban J connectivity index is 1.37. The Hall–Kier alpha value is -4.52. The molecule has 0 aliphatic rings. The van der Waals surface area contributed by atoms with Crippen LogP contribution < -0.4 is 11.1 Å². The van der Waals surface area contributed by atoms with E-state index in [0.717, 1.165) is 44.4 Å². The van der Waals surface area contributed by atoms with Crippen molar-refractivity contribution in [2.45, 2.75) is 20.4 Å². The molecule has 3 heterocycles. The minimum atomic E-state index is -0.895. The predicted octanol–water partition coefficient (Wildman–Crippen LogP) is 6.65. The first-order chi connectivity index (χ1) is 17.3. The fraction of sp³-hybridized carbons (Fsp3) is 0.103. The molecule has 0 atom stereocenters. The molecule has 3 aromatic heterocycles. The number of aromatic nitrogens is 1. The molecule has 0 unspecified atom stereocenters. The first-order valence-corrected chi connectivity index (χ1v) is 11.5. The highest BCUT2D eigenvalue weighted by Crippen LogP contribution is 2.42. The minimum absolute atomic E-state index is 0.183. The zero-order chi connectivity index (χ0) is 25.1. The maximum absolute atomic E-state index is 14.4. The molecule has 0 spiro atoms. The van der Waals surface area contributed by atoms with Crippen molar-refractivity contribution in [1.82, 2.24) is 10.3 Å². The summed E-state index contributed by atoms with van der Waals surface area (Å²) in [6, 6.07) is 16.7. The van der Waals surface area contributed by atoms with Crippen molar-refractivity contribution in [3.05, 3.63) is 94.7 Å². The van der Waals surface area contributed by atoms with Crippen molar-refractivity contribution in [1.29, 1.82) is 0 Å². The van der Waals surface area contributed by atoms with Crippen molar-refractivity contribution in [2.75, 3.05) is 5.73 Å². The molecular weight excluding hydrogens is 460 g/mol. The lowest BCUT2D eigenvalue weighted by Gasteiger charge is -2.11. The van der Waals surface area contributed by atoms with E-state index in [0.29, 0.717) is 34.7 Å². The highest BCUT2D eigenvalue weighted by molar-refractivity contribution is 6.26. The molecule has 2 bridgehead atoms. The van der Waals surface area contributed by atoms with E-state index in [1.54, 1.807) is 36.4 Å². The van der Waals surface area contributed by atoms with Crippen molar-refractivity contribution >= 4 is 44.4 Å².